The van der Waals surface area contributed by atoms with Gasteiger partial charge in [0.2, 0.25) is 5.91 Å². The molecule has 4 heterocycles. The van der Waals surface area contributed by atoms with Crippen molar-refractivity contribution in [3.63, 3.8) is 0 Å². The lowest BCUT2D eigenvalue weighted by atomic mass is 9.73. The van der Waals surface area contributed by atoms with Crippen molar-refractivity contribution in [1.82, 2.24) is 20.1 Å². The fourth-order valence-electron chi connectivity index (χ4n) is 4.07. The minimum absolute atomic E-state index is 0.0451. The monoisotopic (exact) mass is 347 g/mol. The lowest BCUT2D eigenvalue weighted by Crippen LogP contribution is -2.48. The minimum Gasteiger partial charge on any atom is -0.337 e. The Bertz CT molecular complexity index is 1030. The molecule has 2 amide bonds. The molecule has 7 heteroatoms. The molecule has 130 valence electrons. The van der Waals surface area contributed by atoms with Crippen molar-refractivity contribution in [2.45, 2.75) is 18.3 Å². The maximum absolute atomic E-state index is 12.8. The number of H-pyrrole nitrogens is 1. The molecule has 0 radical (unpaired) electrons. The first-order valence-electron chi connectivity index (χ1n) is 8.68. The number of carbonyl (C=O) groups excluding carboxylic acids is 2. The van der Waals surface area contributed by atoms with Crippen molar-refractivity contribution in [3.05, 3.63) is 53.9 Å². The highest BCUT2D eigenvalue weighted by atomic mass is 16.2. The Morgan fingerprint density at radius 3 is 2.77 bits per heavy atom. The molecule has 0 aliphatic carbocycles. The van der Waals surface area contributed by atoms with Gasteiger partial charge in [-0.25, -0.2) is 4.98 Å². The van der Waals surface area contributed by atoms with Gasteiger partial charge in [0.1, 0.15) is 11.2 Å². The zero-order valence-corrected chi connectivity index (χ0v) is 14.0. The summed E-state index contributed by atoms with van der Waals surface area (Å²) in [5.74, 6) is -0.0571. The molecule has 3 aromatic rings. The molecule has 5 rings (SSSR count). The lowest BCUT2D eigenvalue weighted by molar-refractivity contribution is -0.122. The van der Waals surface area contributed by atoms with Crippen molar-refractivity contribution in [3.8, 4) is 0 Å². The molecule has 1 fully saturated rings. The number of fused-ring (bicyclic) bond motifs is 3. The molecular weight excluding hydrogens is 330 g/mol. The number of piperidine rings is 1. The molecule has 0 bridgehead atoms. The first-order chi connectivity index (χ1) is 12.7. The largest absolute Gasteiger partial charge is 0.337 e. The summed E-state index contributed by atoms with van der Waals surface area (Å²) in [6.07, 6.45) is 2.85. The Hall–Kier alpha value is -3.22. The van der Waals surface area contributed by atoms with Gasteiger partial charge in [0.05, 0.1) is 17.1 Å². The number of aromatic amines is 1. The lowest BCUT2D eigenvalue weighted by Gasteiger charge is -2.37. The van der Waals surface area contributed by atoms with Gasteiger partial charge in [-0.2, -0.15) is 5.10 Å². The molecule has 1 aromatic carbocycles. The molecule has 2 aliphatic heterocycles. The zero-order chi connectivity index (χ0) is 17.7. The van der Waals surface area contributed by atoms with Crippen molar-refractivity contribution >= 4 is 28.5 Å². The molecule has 7 nitrogen and oxygen atoms in total. The number of hydrogen-bond donors (Lipinski definition) is 2. The second kappa shape index (κ2) is 5.39. The summed E-state index contributed by atoms with van der Waals surface area (Å²) in [5.41, 5.74) is 3.31. The number of rotatable bonds is 1. The van der Waals surface area contributed by atoms with Crippen LogP contribution in [0.3, 0.4) is 0 Å². The number of amides is 2. The molecular formula is C19H17N5O2. The summed E-state index contributed by atoms with van der Waals surface area (Å²) in [4.78, 5) is 31.6. The van der Waals surface area contributed by atoms with E-state index in [0.717, 1.165) is 16.8 Å². The fourth-order valence-corrected chi connectivity index (χ4v) is 4.07. The first-order valence-corrected chi connectivity index (χ1v) is 8.68. The van der Waals surface area contributed by atoms with Gasteiger partial charge < -0.3 is 10.2 Å². The van der Waals surface area contributed by atoms with Crippen LogP contribution >= 0.6 is 0 Å². The Morgan fingerprint density at radius 2 is 1.92 bits per heavy atom. The molecule has 0 saturated carbocycles. The molecule has 1 saturated heterocycles. The van der Waals surface area contributed by atoms with E-state index in [-0.39, 0.29) is 11.8 Å². The van der Waals surface area contributed by atoms with Gasteiger partial charge in [0, 0.05) is 18.8 Å². The molecule has 0 atom stereocenters. The summed E-state index contributed by atoms with van der Waals surface area (Å²) in [7, 11) is 0. The van der Waals surface area contributed by atoms with Crippen LogP contribution in [0.25, 0.3) is 11.0 Å². The van der Waals surface area contributed by atoms with Crippen LogP contribution in [0, 0.1) is 0 Å². The smallest absolute Gasteiger partial charge is 0.272 e. The molecule has 1 spiro atoms. The van der Waals surface area contributed by atoms with E-state index in [1.54, 1.807) is 17.2 Å². The second-order valence-corrected chi connectivity index (χ2v) is 6.87. The Morgan fingerprint density at radius 1 is 1.12 bits per heavy atom. The van der Waals surface area contributed by atoms with E-state index in [9.17, 15) is 9.59 Å². The molecule has 2 N–H and O–H groups in total. The predicted octanol–water partition coefficient (Wildman–Crippen LogP) is 2.08. The Kier molecular flexibility index (Phi) is 3.12. The number of benzene rings is 1. The number of nitrogens with one attached hydrogen (secondary N) is 2. The summed E-state index contributed by atoms with van der Waals surface area (Å²) in [5, 5.41) is 9.75. The van der Waals surface area contributed by atoms with Gasteiger partial charge in [-0.3, -0.25) is 14.7 Å². The van der Waals surface area contributed by atoms with Crippen LogP contribution in [-0.2, 0) is 10.2 Å². The van der Waals surface area contributed by atoms with E-state index in [1.165, 1.54) is 0 Å². The number of likely N-dealkylation sites (tertiary alicyclic amines) is 1. The van der Waals surface area contributed by atoms with Crippen molar-refractivity contribution in [2.75, 3.05) is 18.4 Å². The fraction of sp³-hybridized carbons (Fsp3) is 0.263. The zero-order valence-electron chi connectivity index (χ0n) is 14.0. The highest BCUT2D eigenvalue weighted by Crippen LogP contribution is 2.44. The van der Waals surface area contributed by atoms with Gasteiger partial charge in [-0.05, 0) is 36.6 Å². The van der Waals surface area contributed by atoms with Crippen LogP contribution in [-0.4, -0.2) is 45.0 Å². The average molecular weight is 347 g/mol. The van der Waals surface area contributed by atoms with Crippen molar-refractivity contribution in [2.24, 2.45) is 0 Å². The van der Waals surface area contributed by atoms with E-state index in [4.69, 9.17) is 0 Å². The highest BCUT2D eigenvalue weighted by molar-refractivity contribution is 6.06. The van der Waals surface area contributed by atoms with E-state index in [0.29, 0.717) is 37.1 Å². The summed E-state index contributed by atoms with van der Waals surface area (Å²) >= 11 is 0. The topological polar surface area (TPSA) is 91.0 Å². The first kappa shape index (κ1) is 15.1. The van der Waals surface area contributed by atoms with Gasteiger partial charge in [0.25, 0.3) is 5.91 Å². The van der Waals surface area contributed by atoms with Crippen molar-refractivity contribution in [1.29, 1.82) is 0 Å². The quantitative estimate of drug-likeness (QED) is 0.705. The Labute approximate surface area is 149 Å². The van der Waals surface area contributed by atoms with Crippen LogP contribution in [0.5, 0.6) is 0 Å². The predicted molar refractivity (Wildman–Crippen MR) is 95.8 cm³/mol. The third-order valence-corrected chi connectivity index (χ3v) is 5.55. The number of carbonyl (C=O) groups is 2. The van der Waals surface area contributed by atoms with Crippen molar-refractivity contribution < 1.29 is 9.59 Å². The minimum atomic E-state index is -0.519. The normalized spacial score (nSPS) is 18.2. The SMILES string of the molecule is O=C(c1ccc2[nH]ncc2n1)N1CCC2(CC1)C(=O)Nc1ccccc12. The van der Waals surface area contributed by atoms with Gasteiger partial charge >= 0.3 is 0 Å². The maximum atomic E-state index is 12.8. The van der Waals surface area contributed by atoms with E-state index < -0.39 is 5.41 Å². The molecule has 2 aliphatic rings. The summed E-state index contributed by atoms with van der Waals surface area (Å²) < 4.78 is 0. The van der Waals surface area contributed by atoms with E-state index in [2.05, 4.69) is 20.5 Å². The molecule has 2 aromatic heterocycles. The number of hydrogen-bond acceptors (Lipinski definition) is 4. The number of pyridine rings is 1. The van der Waals surface area contributed by atoms with Crippen LogP contribution < -0.4 is 5.32 Å². The number of aromatic nitrogens is 3. The average Bonchev–Trinajstić information content (AvgIpc) is 3.25. The van der Waals surface area contributed by atoms with Gasteiger partial charge in [-0.15, -0.1) is 0 Å². The molecule has 0 unspecified atom stereocenters. The molecule has 26 heavy (non-hydrogen) atoms. The van der Waals surface area contributed by atoms with Crippen LogP contribution in [0.4, 0.5) is 5.69 Å². The highest BCUT2D eigenvalue weighted by Gasteiger charge is 2.48. The van der Waals surface area contributed by atoms with E-state index >= 15 is 0 Å². The van der Waals surface area contributed by atoms with Crippen LogP contribution in [0.2, 0.25) is 0 Å². The van der Waals surface area contributed by atoms with Gasteiger partial charge in [0.15, 0.2) is 0 Å². The summed E-state index contributed by atoms with van der Waals surface area (Å²) in [6.45, 7) is 1.07. The maximum Gasteiger partial charge on any atom is 0.272 e. The van der Waals surface area contributed by atoms with Crippen LogP contribution in [0.1, 0.15) is 28.9 Å². The Balaban J connectivity index is 1.39. The number of anilines is 1. The summed E-state index contributed by atoms with van der Waals surface area (Å²) in [6, 6.07) is 11.4. The third-order valence-electron chi connectivity index (χ3n) is 5.55. The van der Waals surface area contributed by atoms with Gasteiger partial charge in [-0.1, -0.05) is 18.2 Å². The third kappa shape index (κ3) is 2.06. The second-order valence-electron chi connectivity index (χ2n) is 6.87. The van der Waals surface area contributed by atoms with E-state index in [1.807, 2.05) is 30.3 Å². The standard InChI is InChI=1S/C19H17N5O2/c25-17(15-6-5-14-16(21-15)11-20-23-14)24-9-7-19(8-10-24)12-3-1-2-4-13(12)22-18(19)26/h1-6,11H,7-10H2,(H,20,23)(H,22,26). The number of para-hydroxylation sites is 1. The van der Waals surface area contributed by atoms with Crippen LogP contribution in [0.15, 0.2) is 42.6 Å². The number of nitrogens with zero attached hydrogens (tertiary/aromatic N) is 3.